The molecule has 5 heteroatoms. The van der Waals surface area contributed by atoms with Gasteiger partial charge in [-0.25, -0.2) is 4.79 Å². The first-order chi connectivity index (χ1) is 8.04. The lowest BCUT2D eigenvalue weighted by Crippen LogP contribution is -2.23. The summed E-state index contributed by atoms with van der Waals surface area (Å²) >= 11 is 0. The van der Waals surface area contributed by atoms with Crippen molar-refractivity contribution in [1.29, 1.82) is 0 Å². The maximum Gasteiger partial charge on any atom is 0.348 e. The van der Waals surface area contributed by atoms with Crippen LogP contribution in [-0.4, -0.2) is 14.5 Å². The van der Waals surface area contributed by atoms with Gasteiger partial charge in [-0.2, -0.15) is 4.98 Å². The normalized spacial score (nSPS) is 10.8. The SMILES string of the molecule is [C-]#[N+]c1ccc2c(n1)c(C(C)C)nc(=O)n2C. The van der Waals surface area contributed by atoms with Gasteiger partial charge in [0, 0.05) is 13.0 Å². The number of aromatic nitrogens is 3. The molecular formula is C12H12N4O. The minimum atomic E-state index is -0.293. The number of fused-ring (bicyclic) bond motifs is 1. The van der Waals surface area contributed by atoms with Crippen LogP contribution in [0.2, 0.25) is 0 Å². The van der Waals surface area contributed by atoms with E-state index in [9.17, 15) is 4.79 Å². The second-order valence-electron chi connectivity index (χ2n) is 4.14. The van der Waals surface area contributed by atoms with E-state index in [4.69, 9.17) is 6.57 Å². The molecule has 2 heterocycles. The molecule has 5 nitrogen and oxygen atoms in total. The predicted molar refractivity (Wildman–Crippen MR) is 65.1 cm³/mol. The van der Waals surface area contributed by atoms with Crippen molar-refractivity contribution in [3.8, 4) is 0 Å². The molecule has 0 fully saturated rings. The minimum Gasteiger partial charge on any atom is -0.361 e. The number of rotatable bonds is 1. The molecule has 0 saturated carbocycles. The number of aryl methyl sites for hydroxylation is 1. The third-order valence-corrected chi connectivity index (χ3v) is 2.63. The monoisotopic (exact) mass is 228 g/mol. The Bertz CT molecular complexity index is 679. The first-order valence-corrected chi connectivity index (χ1v) is 5.29. The summed E-state index contributed by atoms with van der Waals surface area (Å²) in [6.07, 6.45) is 0. The van der Waals surface area contributed by atoms with Crippen molar-refractivity contribution in [1.82, 2.24) is 14.5 Å². The molecule has 0 spiro atoms. The maximum atomic E-state index is 11.7. The molecule has 0 radical (unpaired) electrons. The zero-order chi connectivity index (χ0) is 12.6. The quantitative estimate of drug-likeness (QED) is 0.701. The van der Waals surface area contributed by atoms with E-state index in [1.807, 2.05) is 13.8 Å². The van der Waals surface area contributed by atoms with Crippen molar-refractivity contribution >= 4 is 16.9 Å². The summed E-state index contributed by atoms with van der Waals surface area (Å²) in [6, 6.07) is 3.35. The van der Waals surface area contributed by atoms with Crippen LogP contribution < -0.4 is 5.69 Å². The molecule has 86 valence electrons. The summed E-state index contributed by atoms with van der Waals surface area (Å²) < 4.78 is 1.45. The molecule has 17 heavy (non-hydrogen) atoms. The summed E-state index contributed by atoms with van der Waals surface area (Å²) in [6.45, 7) is 10.9. The van der Waals surface area contributed by atoms with Gasteiger partial charge in [0.05, 0.1) is 5.52 Å². The molecule has 2 aromatic rings. The second kappa shape index (κ2) is 3.98. The first kappa shape index (κ1) is 11.3. The van der Waals surface area contributed by atoms with E-state index in [1.165, 1.54) is 4.57 Å². The van der Waals surface area contributed by atoms with Crippen LogP contribution in [0.1, 0.15) is 25.5 Å². The van der Waals surface area contributed by atoms with Crippen LogP contribution in [0.3, 0.4) is 0 Å². The summed E-state index contributed by atoms with van der Waals surface area (Å²) in [4.78, 5) is 23.2. The fourth-order valence-electron chi connectivity index (χ4n) is 1.70. The van der Waals surface area contributed by atoms with Crippen LogP contribution in [0.15, 0.2) is 16.9 Å². The molecular weight excluding hydrogens is 216 g/mol. The highest BCUT2D eigenvalue weighted by Gasteiger charge is 2.15. The fraction of sp³-hybridized carbons (Fsp3) is 0.333. The lowest BCUT2D eigenvalue weighted by Gasteiger charge is -2.08. The Labute approximate surface area is 98.6 Å². The third kappa shape index (κ3) is 1.78. The highest BCUT2D eigenvalue weighted by atomic mass is 16.1. The molecule has 2 aromatic heterocycles. The van der Waals surface area contributed by atoms with Gasteiger partial charge in [0.15, 0.2) is 5.52 Å². The van der Waals surface area contributed by atoms with Crippen molar-refractivity contribution in [3.05, 3.63) is 39.7 Å². The molecule has 0 unspecified atom stereocenters. The van der Waals surface area contributed by atoms with E-state index < -0.39 is 0 Å². The van der Waals surface area contributed by atoms with Crippen LogP contribution in [0, 0.1) is 6.57 Å². The Morgan fingerprint density at radius 1 is 1.35 bits per heavy atom. The van der Waals surface area contributed by atoms with E-state index in [-0.39, 0.29) is 11.6 Å². The third-order valence-electron chi connectivity index (χ3n) is 2.63. The number of hydrogen-bond acceptors (Lipinski definition) is 3. The number of hydrogen-bond donors (Lipinski definition) is 0. The predicted octanol–water partition coefficient (Wildman–Crippen LogP) is 2.00. The zero-order valence-corrected chi connectivity index (χ0v) is 9.93. The van der Waals surface area contributed by atoms with Crippen LogP contribution in [0.4, 0.5) is 5.82 Å². The largest absolute Gasteiger partial charge is 0.361 e. The Morgan fingerprint density at radius 2 is 2.06 bits per heavy atom. The number of pyridine rings is 1. The van der Waals surface area contributed by atoms with E-state index in [1.54, 1.807) is 19.2 Å². The molecule has 0 amide bonds. The number of nitrogens with zero attached hydrogens (tertiary/aromatic N) is 4. The molecule has 0 atom stereocenters. The van der Waals surface area contributed by atoms with Crippen molar-refractivity contribution in [2.45, 2.75) is 19.8 Å². The minimum absolute atomic E-state index is 0.0971. The summed E-state index contributed by atoms with van der Waals surface area (Å²) in [5, 5.41) is 0. The van der Waals surface area contributed by atoms with Crippen LogP contribution in [0.5, 0.6) is 0 Å². The van der Waals surface area contributed by atoms with E-state index in [2.05, 4.69) is 14.8 Å². The zero-order valence-electron chi connectivity index (χ0n) is 9.93. The van der Waals surface area contributed by atoms with E-state index in [0.29, 0.717) is 22.5 Å². The van der Waals surface area contributed by atoms with Gasteiger partial charge in [-0.05, 0) is 12.1 Å². The standard InChI is InChI=1S/C12H12N4O/c1-7(2)10-11-8(16(4)12(17)15-10)5-6-9(13-3)14-11/h5-7H,1-2,4H3. The molecule has 0 aliphatic heterocycles. The molecule has 0 aromatic carbocycles. The average Bonchev–Trinajstić information content (AvgIpc) is 2.32. The fourth-order valence-corrected chi connectivity index (χ4v) is 1.70. The van der Waals surface area contributed by atoms with Gasteiger partial charge < -0.3 is 4.85 Å². The Hall–Kier alpha value is -2.22. The Balaban J connectivity index is 2.95. The maximum absolute atomic E-state index is 11.7. The van der Waals surface area contributed by atoms with Gasteiger partial charge in [0.2, 0.25) is 0 Å². The highest BCUT2D eigenvalue weighted by Crippen LogP contribution is 2.22. The van der Waals surface area contributed by atoms with E-state index >= 15 is 0 Å². The summed E-state index contributed by atoms with van der Waals surface area (Å²) in [5.41, 5.74) is 1.70. The van der Waals surface area contributed by atoms with Crippen molar-refractivity contribution in [3.63, 3.8) is 0 Å². The first-order valence-electron chi connectivity index (χ1n) is 5.29. The lowest BCUT2D eigenvalue weighted by atomic mass is 10.1. The molecule has 0 bridgehead atoms. The molecule has 0 saturated heterocycles. The van der Waals surface area contributed by atoms with Crippen LogP contribution >= 0.6 is 0 Å². The smallest absolute Gasteiger partial charge is 0.348 e. The van der Waals surface area contributed by atoms with Gasteiger partial charge in [0.25, 0.3) is 5.82 Å². The molecule has 0 N–H and O–H groups in total. The summed E-state index contributed by atoms with van der Waals surface area (Å²) in [5.74, 6) is 0.416. The van der Waals surface area contributed by atoms with Gasteiger partial charge in [-0.1, -0.05) is 20.4 Å². The molecule has 0 aliphatic rings. The Kier molecular flexibility index (Phi) is 2.64. The summed E-state index contributed by atoms with van der Waals surface area (Å²) in [7, 11) is 1.65. The van der Waals surface area contributed by atoms with Crippen molar-refractivity contribution < 1.29 is 0 Å². The topological polar surface area (TPSA) is 52.1 Å². The lowest BCUT2D eigenvalue weighted by molar-refractivity contribution is 0.771. The molecule has 0 aliphatic carbocycles. The van der Waals surface area contributed by atoms with Crippen molar-refractivity contribution in [2.24, 2.45) is 7.05 Å². The second-order valence-corrected chi connectivity index (χ2v) is 4.14. The van der Waals surface area contributed by atoms with Gasteiger partial charge in [-0.3, -0.25) is 4.57 Å². The van der Waals surface area contributed by atoms with Gasteiger partial charge in [0.1, 0.15) is 5.69 Å². The van der Waals surface area contributed by atoms with Crippen molar-refractivity contribution in [2.75, 3.05) is 0 Å². The Morgan fingerprint density at radius 3 is 2.65 bits per heavy atom. The van der Waals surface area contributed by atoms with E-state index in [0.717, 1.165) is 0 Å². The van der Waals surface area contributed by atoms with Gasteiger partial charge >= 0.3 is 5.69 Å². The van der Waals surface area contributed by atoms with Gasteiger partial charge in [-0.15, -0.1) is 4.98 Å². The highest BCUT2D eigenvalue weighted by molar-refractivity contribution is 5.79. The molecule has 2 rings (SSSR count). The van der Waals surface area contributed by atoms with Crippen LogP contribution in [-0.2, 0) is 7.05 Å². The average molecular weight is 228 g/mol. The van der Waals surface area contributed by atoms with Crippen LogP contribution in [0.25, 0.3) is 15.9 Å².